The van der Waals surface area contributed by atoms with Crippen LogP contribution in [0.15, 0.2) is 72.8 Å². The fraction of sp³-hybridized carbons (Fsp3) is 0.185. The predicted molar refractivity (Wildman–Crippen MR) is 127 cm³/mol. The van der Waals surface area contributed by atoms with E-state index in [1.54, 1.807) is 0 Å². The van der Waals surface area contributed by atoms with Crippen molar-refractivity contribution in [2.24, 2.45) is 0 Å². The van der Waals surface area contributed by atoms with Crippen molar-refractivity contribution in [2.45, 2.75) is 6.42 Å². The molecule has 5 nitrogen and oxygen atoms in total. The molecule has 1 fully saturated rings. The van der Waals surface area contributed by atoms with Crippen LogP contribution in [-0.2, 0) is 0 Å². The summed E-state index contributed by atoms with van der Waals surface area (Å²) in [5.41, 5.74) is 5.36. The summed E-state index contributed by atoms with van der Waals surface area (Å²) in [5.74, 6) is 6.57. The molecular formula is C27H24N4O. The second kappa shape index (κ2) is 9.09. The number of hydrogen-bond donors (Lipinski definition) is 2. The van der Waals surface area contributed by atoms with E-state index in [0.29, 0.717) is 11.3 Å². The monoisotopic (exact) mass is 420 g/mol. The molecule has 158 valence electrons. The Morgan fingerprint density at radius 2 is 1.75 bits per heavy atom. The lowest BCUT2D eigenvalue weighted by Gasteiger charge is -2.19. The summed E-state index contributed by atoms with van der Waals surface area (Å²) in [6.45, 7) is 3.29. The molecular weight excluding hydrogens is 396 g/mol. The van der Waals surface area contributed by atoms with Gasteiger partial charge in [-0.3, -0.25) is 9.89 Å². The first-order valence-electron chi connectivity index (χ1n) is 10.9. The van der Waals surface area contributed by atoms with Crippen LogP contribution < -0.4 is 5.32 Å². The fourth-order valence-electron chi connectivity index (χ4n) is 4.06. The fourth-order valence-corrected chi connectivity index (χ4v) is 4.06. The second-order valence-electron chi connectivity index (χ2n) is 7.89. The molecule has 0 spiro atoms. The van der Waals surface area contributed by atoms with E-state index in [2.05, 4.69) is 45.6 Å². The molecule has 0 atom stereocenters. The first-order valence-corrected chi connectivity index (χ1v) is 10.9. The first-order chi connectivity index (χ1) is 15.8. The minimum absolute atomic E-state index is 0.0603. The van der Waals surface area contributed by atoms with Gasteiger partial charge < -0.3 is 10.2 Å². The highest BCUT2D eigenvalue weighted by atomic mass is 16.2. The van der Waals surface area contributed by atoms with Gasteiger partial charge in [0.05, 0.1) is 5.52 Å². The molecule has 0 unspecified atom stereocenters. The van der Waals surface area contributed by atoms with E-state index < -0.39 is 0 Å². The number of rotatable bonds is 2. The summed E-state index contributed by atoms with van der Waals surface area (Å²) in [6.07, 6.45) is 0.969. The molecule has 1 aliphatic rings. The van der Waals surface area contributed by atoms with Crippen molar-refractivity contribution in [3.05, 3.63) is 89.6 Å². The average molecular weight is 421 g/mol. The molecule has 0 saturated carbocycles. The largest absolute Gasteiger partial charge is 0.337 e. The third-order valence-electron chi connectivity index (χ3n) is 5.76. The third kappa shape index (κ3) is 4.14. The number of hydrogen-bond acceptors (Lipinski definition) is 3. The molecule has 5 rings (SSSR count). The summed E-state index contributed by atoms with van der Waals surface area (Å²) in [4.78, 5) is 15.0. The van der Waals surface area contributed by atoms with Gasteiger partial charge in [-0.05, 0) is 54.3 Å². The summed E-state index contributed by atoms with van der Waals surface area (Å²) in [7, 11) is 0. The maximum atomic E-state index is 13.0. The molecule has 1 amide bonds. The van der Waals surface area contributed by atoms with E-state index in [0.717, 1.165) is 60.2 Å². The lowest BCUT2D eigenvalue weighted by Crippen LogP contribution is -2.34. The number of benzene rings is 3. The highest BCUT2D eigenvalue weighted by Gasteiger charge is 2.18. The zero-order valence-corrected chi connectivity index (χ0v) is 17.8. The van der Waals surface area contributed by atoms with E-state index in [4.69, 9.17) is 0 Å². The molecule has 0 radical (unpaired) electrons. The summed E-state index contributed by atoms with van der Waals surface area (Å²) < 4.78 is 0. The molecule has 5 heteroatoms. The standard InChI is InChI=1S/C27H24N4O/c32-27(31-17-6-15-28-16-18-31)22-12-14-26-24(19-22)25(29-30-26)13-11-21-9-4-5-10-23(21)20-7-2-1-3-8-20/h1-5,7-10,12,14,19,28H,6,15-18H2,(H,29,30). The normalized spacial score (nSPS) is 13.9. The number of fused-ring (bicyclic) bond motifs is 1. The van der Waals surface area contributed by atoms with Gasteiger partial charge in [-0.15, -0.1) is 0 Å². The van der Waals surface area contributed by atoms with E-state index in [1.807, 2.05) is 59.5 Å². The maximum Gasteiger partial charge on any atom is 0.253 e. The lowest BCUT2D eigenvalue weighted by molar-refractivity contribution is 0.0766. The van der Waals surface area contributed by atoms with Crippen LogP contribution in [0.3, 0.4) is 0 Å². The van der Waals surface area contributed by atoms with Crippen molar-refractivity contribution in [3.8, 4) is 23.0 Å². The van der Waals surface area contributed by atoms with Crippen LogP contribution in [-0.4, -0.2) is 47.2 Å². The van der Waals surface area contributed by atoms with Gasteiger partial charge in [0, 0.05) is 36.1 Å². The van der Waals surface area contributed by atoms with Crippen molar-refractivity contribution < 1.29 is 4.79 Å². The van der Waals surface area contributed by atoms with Crippen molar-refractivity contribution >= 4 is 16.8 Å². The third-order valence-corrected chi connectivity index (χ3v) is 5.76. The molecule has 32 heavy (non-hydrogen) atoms. The quantitative estimate of drug-likeness (QED) is 0.481. The first kappa shape index (κ1) is 20.0. The molecule has 2 N–H and O–H groups in total. The van der Waals surface area contributed by atoms with Gasteiger partial charge >= 0.3 is 0 Å². The van der Waals surface area contributed by atoms with E-state index in [1.165, 1.54) is 0 Å². The van der Waals surface area contributed by atoms with E-state index >= 15 is 0 Å². The van der Waals surface area contributed by atoms with Crippen LogP contribution in [0.5, 0.6) is 0 Å². The minimum Gasteiger partial charge on any atom is -0.337 e. The summed E-state index contributed by atoms with van der Waals surface area (Å²) in [6, 6.07) is 24.0. The van der Waals surface area contributed by atoms with Gasteiger partial charge in [-0.25, -0.2) is 0 Å². The lowest BCUT2D eigenvalue weighted by atomic mass is 10.00. The Bertz CT molecular complexity index is 1310. The van der Waals surface area contributed by atoms with Crippen LogP contribution in [0.25, 0.3) is 22.0 Å². The Kier molecular flexibility index (Phi) is 5.69. The molecule has 1 aromatic heterocycles. The molecule has 0 bridgehead atoms. The summed E-state index contributed by atoms with van der Waals surface area (Å²) >= 11 is 0. The van der Waals surface area contributed by atoms with Gasteiger partial charge in [0.25, 0.3) is 5.91 Å². The number of amides is 1. The van der Waals surface area contributed by atoms with Crippen LogP contribution in [0, 0.1) is 11.8 Å². The number of nitrogens with one attached hydrogen (secondary N) is 2. The number of nitrogens with zero attached hydrogens (tertiary/aromatic N) is 2. The van der Waals surface area contributed by atoms with Crippen LogP contribution >= 0.6 is 0 Å². The smallest absolute Gasteiger partial charge is 0.253 e. The Hall–Kier alpha value is -3.88. The van der Waals surface area contributed by atoms with Gasteiger partial charge in [0.15, 0.2) is 0 Å². The van der Waals surface area contributed by atoms with Crippen molar-refractivity contribution in [1.82, 2.24) is 20.4 Å². The Morgan fingerprint density at radius 1 is 0.906 bits per heavy atom. The molecule has 0 aliphatic carbocycles. The molecule has 4 aromatic rings. The topological polar surface area (TPSA) is 61.0 Å². The van der Waals surface area contributed by atoms with Crippen molar-refractivity contribution in [1.29, 1.82) is 0 Å². The zero-order chi connectivity index (χ0) is 21.8. The van der Waals surface area contributed by atoms with Crippen LogP contribution in [0.4, 0.5) is 0 Å². The van der Waals surface area contributed by atoms with Gasteiger partial charge in [-0.2, -0.15) is 5.10 Å². The second-order valence-corrected chi connectivity index (χ2v) is 7.89. The average Bonchev–Trinajstić information content (AvgIpc) is 3.05. The number of aromatic nitrogens is 2. The molecule has 1 saturated heterocycles. The Labute approximate surface area is 187 Å². The van der Waals surface area contributed by atoms with E-state index in [9.17, 15) is 4.79 Å². The zero-order valence-electron chi connectivity index (χ0n) is 17.8. The van der Waals surface area contributed by atoms with Gasteiger partial charge in [-0.1, -0.05) is 54.5 Å². The number of carbonyl (C=O) groups excluding carboxylic acids is 1. The molecule has 3 aromatic carbocycles. The highest BCUT2D eigenvalue weighted by Crippen LogP contribution is 2.23. The SMILES string of the molecule is O=C(c1ccc2[nH]nc(C#Cc3ccccc3-c3ccccc3)c2c1)N1CCCNCC1. The van der Waals surface area contributed by atoms with Crippen LogP contribution in [0.2, 0.25) is 0 Å². The number of carbonyl (C=O) groups is 1. The Balaban J connectivity index is 1.48. The van der Waals surface area contributed by atoms with E-state index in [-0.39, 0.29) is 5.91 Å². The number of aromatic amines is 1. The van der Waals surface area contributed by atoms with Gasteiger partial charge in [0.1, 0.15) is 5.69 Å². The predicted octanol–water partition coefficient (Wildman–Crippen LogP) is 4.07. The van der Waals surface area contributed by atoms with Gasteiger partial charge in [0.2, 0.25) is 0 Å². The Morgan fingerprint density at radius 3 is 2.66 bits per heavy atom. The number of H-pyrrole nitrogens is 1. The minimum atomic E-state index is 0.0603. The molecule has 1 aliphatic heterocycles. The summed E-state index contributed by atoms with van der Waals surface area (Å²) in [5, 5.41) is 11.7. The maximum absolute atomic E-state index is 13.0. The van der Waals surface area contributed by atoms with Crippen molar-refractivity contribution in [2.75, 3.05) is 26.2 Å². The highest BCUT2D eigenvalue weighted by molar-refractivity contribution is 5.99. The van der Waals surface area contributed by atoms with Crippen LogP contribution in [0.1, 0.15) is 28.0 Å². The van der Waals surface area contributed by atoms with Crippen molar-refractivity contribution in [3.63, 3.8) is 0 Å². The molecule has 2 heterocycles.